The Bertz CT molecular complexity index is 1460. The van der Waals surface area contributed by atoms with E-state index in [0.29, 0.717) is 16.1 Å². The zero-order valence-electron chi connectivity index (χ0n) is 17.0. The molecule has 0 radical (unpaired) electrons. The smallest absolute Gasteiger partial charge is 0.345 e. The van der Waals surface area contributed by atoms with Gasteiger partial charge in [0.1, 0.15) is 10.6 Å². The number of H-pyrrole nitrogens is 1. The van der Waals surface area contributed by atoms with Crippen molar-refractivity contribution in [2.45, 2.75) is 19.8 Å². The van der Waals surface area contributed by atoms with Gasteiger partial charge in [0.15, 0.2) is 11.4 Å². The van der Waals surface area contributed by atoms with Gasteiger partial charge in [-0.05, 0) is 67.3 Å². The summed E-state index contributed by atoms with van der Waals surface area (Å²) < 4.78 is 1.44. The second-order valence-electron chi connectivity index (χ2n) is 7.52. The molecular weight excluding hydrogens is 428 g/mol. The first-order chi connectivity index (χ1) is 15.4. The predicted octanol–water partition coefficient (Wildman–Crippen LogP) is 5.12. The number of nitrogens with zero attached hydrogens (tertiary/aromatic N) is 3. The molecule has 4 aromatic rings. The second kappa shape index (κ2) is 7.61. The molecule has 0 aliphatic heterocycles. The molecule has 3 N–H and O–H groups in total. The second-order valence-corrected chi connectivity index (χ2v) is 8.61. The first-order valence-corrected chi connectivity index (χ1v) is 10.7. The third kappa shape index (κ3) is 3.32. The Morgan fingerprint density at radius 1 is 1.09 bits per heavy atom. The van der Waals surface area contributed by atoms with E-state index in [1.165, 1.54) is 21.9 Å². The van der Waals surface area contributed by atoms with Gasteiger partial charge in [-0.25, -0.2) is 9.48 Å². The number of rotatable bonds is 5. The Morgan fingerprint density at radius 2 is 1.91 bits per heavy atom. The van der Waals surface area contributed by atoms with Gasteiger partial charge < -0.3 is 10.2 Å². The summed E-state index contributed by atoms with van der Waals surface area (Å²) in [4.78, 5) is 24.8. The van der Waals surface area contributed by atoms with Crippen LogP contribution in [0, 0.1) is 6.92 Å². The average Bonchev–Trinajstić information content (AvgIpc) is 3.34. The Kier molecular flexibility index (Phi) is 4.75. The van der Waals surface area contributed by atoms with E-state index in [0.717, 1.165) is 29.9 Å². The average molecular weight is 446 g/mol. The van der Waals surface area contributed by atoms with Crippen LogP contribution >= 0.6 is 11.3 Å². The van der Waals surface area contributed by atoms with E-state index in [9.17, 15) is 14.7 Å². The third-order valence-corrected chi connectivity index (χ3v) is 6.61. The van der Waals surface area contributed by atoms with Crippen LogP contribution in [0.5, 0.6) is 5.75 Å². The molecule has 0 fully saturated rings. The number of carboxylic acid groups (broad SMARTS) is 1. The number of carbonyl (C=O) groups is 1. The monoisotopic (exact) mass is 446 g/mol. The van der Waals surface area contributed by atoms with Crippen molar-refractivity contribution in [3.05, 3.63) is 80.6 Å². The molecule has 0 saturated carbocycles. The maximum atomic E-state index is 12.9. The summed E-state index contributed by atoms with van der Waals surface area (Å²) in [7, 11) is 0. The molecule has 160 valence electrons. The molecule has 32 heavy (non-hydrogen) atoms. The Morgan fingerprint density at radius 3 is 2.59 bits per heavy atom. The van der Waals surface area contributed by atoms with Crippen molar-refractivity contribution >= 4 is 28.7 Å². The normalized spacial score (nSPS) is 12.7. The Balaban J connectivity index is 1.48. The zero-order valence-corrected chi connectivity index (χ0v) is 17.8. The van der Waals surface area contributed by atoms with Gasteiger partial charge in [-0.1, -0.05) is 12.1 Å². The predicted molar refractivity (Wildman–Crippen MR) is 121 cm³/mol. The van der Waals surface area contributed by atoms with Crippen molar-refractivity contribution in [3.63, 3.8) is 0 Å². The van der Waals surface area contributed by atoms with Crippen molar-refractivity contribution < 1.29 is 15.0 Å². The number of aromatic nitrogens is 2. The van der Waals surface area contributed by atoms with Crippen LogP contribution < -0.4 is 5.56 Å². The summed E-state index contributed by atoms with van der Waals surface area (Å²) in [5, 5.41) is 31.1. The van der Waals surface area contributed by atoms with Gasteiger partial charge in [0.05, 0.1) is 11.4 Å². The van der Waals surface area contributed by atoms with Crippen LogP contribution in [0.2, 0.25) is 0 Å². The number of para-hydroxylation sites is 1. The van der Waals surface area contributed by atoms with Crippen molar-refractivity contribution in [2.75, 3.05) is 0 Å². The molecule has 5 rings (SSSR count). The van der Waals surface area contributed by atoms with E-state index < -0.39 is 5.97 Å². The number of hydrogen-bond donors (Lipinski definition) is 3. The maximum Gasteiger partial charge on any atom is 0.345 e. The summed E-state index contributed by atoms with van der Waals surface area (Å²) in [6, 6.07) is 14.0. The fourth-order valence-corrected chi connectivity index (χ4v) is 4.54. The Hall–Kier alpha value is -3.98. The SMILES string of the molecule is Cc1[nH]n(-c2ccc3c(c2)CC3)c(=O)c1N=Nc1cccc(-c2ccc(C(=O)O)s2)c1O. The van der Waals surface area contributed by atoms with E-state index in [1.54, 1.807) is 31.2 Å². The lowest BCUT2D eigenvalue weighted by molar-refractivity contribution is 0.0702. The number of nitrogens with one attached hydrogen (secondary N) is 1. The minimum Gasteiger partial charge on any atom is -0.505 e. The van der Waals surface area contributed by atoms with Crippen LogP contribution in [0.25, 0.3) is 16.1 Å². The molecule has 0 unspecified atom stereocenters. The van der Waals surface area contributed by atoms with Crippen LogP contribution in [0.1, 0.15) is 26.5 Å². The number of carboxylic acids is 1. The standard InChI is InChI=1S/C23H18N4O4S/c1-12-20(22(29)27(26-12)15-8-7-13-5-6-14(13)11-15)25-24-17-4-2-3-16(21(17)28)18-9-10-19(32-18)23(30)31/h2-4,7-11,26,28H,5-6H2,1H3,(H,30,31). The van der Waals surface area contributed by atoms with Gasteiger partial charge in [-0.2, -0.15) is 0 Å². The van der Waals surface area contributed by atoms with Gasteiger partial charge in [-0.15, -0.1) is 21.6 Å². The van der Waals surface area contributed by atoms with E-state index in [1.807, 2.05) is 18.2 Å². The third-order valence-electron chi connectivity index (χ3n) is 5.51. The number of thiophene rings is 1. The summed E-state index contributed by atoms with van der Waals surface area (Å²) in [6.45, 7) is 1.74. The van der Waals surface area contributed by atoms with Crippen molar-refractivity contribution in [2.24, 2.45) is 10.2 Å². The molecule has 1 aliphatic rings. The van der Waals surface area contributed by atoms with E-state index in [-0.39, 0.29) is 27.6 Å². The fraction of sp³-hybridized carbons (Fsp3) is 0.130. The van der Waals surface area contributed by atoms with Crippen LogP contribution in [0.15, 0.2) is 63.6 Å². The number of azo groups is 1. The highest BCUT2D eigenvalue weighted by Gasteiger charge is 2.18. The number of phenols is 1. The van der Waals surface area contributed by atoms with Crippen molar-refractivity contribution in [1.29, 1.82) is 0 Å². The molecule has 0 bridgehead atoms. The van der Waals surface area contributed by atoms with Crippen LogP contribution in [-0.4, -0.2) is 26.0 Å². The van der Waals surface area contributed by atoms with Crippen LogP contribution in [0.3, 0.4) is 0 Å². The van der Waals surface area contributed by atoms with Gasteiger partial charge in [0, 0.05) is 10.4 Å². The molecule has 2 aromatic heterocycles. The fourth-order valence-electron chi connectivity index (χ4n) is 3.67. The van der Waals surface area contributed by atoms with Crippen molar-refractivity contribution in [3.8, 4) is 21.9 Å². The van der Waals surface area contributed by atoms with Gasteiger partial charge in [0.2, 0.25) is 0 Å². The maximum absolute atomic E-state index is 12.9. The minimum absolute atomic E-state index is 0.133. The zero-order chi connectivity index (χ0) is 22.4. The quantitative estimate of drug-likeness (QED) is 0.369. The number of aryl methyl sites for hydroxylation is 3. The molecule has 1 aliphatic carbocycles. The van der Waals surface area contributed by atoms with Gasteiger partial charge in [0.25, 0.3) is 5.56 Å². The van der Waals surface area contributed by atoms with E-state index in [2.05, 4.69) is 15.3 Å². The molecule has 2 heterocycles. The molecule has 0 spiro atoms. The number of hydrogen-bond acceptors (Lipinski definition) is 6. The first kappa shape index (κ1) is 20.0. The van der Waals surface area contributed by atoms with Crippen LogP contribution in [0.4, 0.5) is 11.4 Å². The highest BCUT2D eigenvalue weighted by molar-refractivity contribution is 7.17. The molecule has 0 saturated heterocycles. The molecule has 0 atom stereocenters. The van der Waals surface area contributed by atoms with E-state index in [4.69, 9.17) is 5.11 Å². The number of phenolic OH excluding ortho intramolecular Hbond substituents is 1. The van der Waals surface area contributed by atoms with Crippen LogP contribution in [-0.2, 0) is 12.8 Å². The van der Waals surface area contributed by atoms with E-state index >= 15 is 0 Å². The van der Waals surface area contributed by atoms with Crippen molar-refractivity contribution in [1.82, 2.24) is 9.78 Å². The largest absolute Gasteiger partial charge is 0.505 e. The lowest BCUT2D eigenvalue weighted by Gasteiger charge is -2.19. The Labute approximate surface area is 186 Å². The summed E-state index contributed by atoms with van der Waals surface area (Å²) in [6.07, 6.45) is 2.08. The highest BCUT2D eigenvalue weighted by Crippen LogP contribution is 2.40. The molecule has 8 nitrogen and oxygen atoms in total. The highest BCUT2D eigenvalue weighted by atomic mass is 32.1. The van der Waals surface area contributed by atoms with Gasteiger partial charge >= 0.3 is 5.97 Å². The summed E-state index contributed by atoms with van der Waals surface area (Å²) >= 11 is 1.05. The molecular formula is C23H18N4O4S. The number of fused-ring (bicyclic) bond motifs is 1. The molecule has 9 heteroatoms. The minimum atomic E-state index is -1.02. The first-order valence-electron chi connectivity index (χ1n) is 9.93. The lowest BCUT2D eigenvalue weighted by Crippen LogP contribution is -2.16. The van der Waals surface area contributed by atoms with Gasteiger partial charge in [-0.3, -0.25) is 9.89 Å². The molecule has 2 aromatic carbocycles. The number of aromatic hydroxyl groups is 1. The number of benzene rings is 2. The lowest BCUT2D eigenvalue weighted by atomic mass is 9.88. The molecule has 0 amide bonds. The summed E-state index contributed by atoms with van der Waals surface area (Å²) in [5.74, 6) is -1.16. The number of aromatic amines is 1. The number of aromatic carboxylic acids is 1. The topological polar surface area (TPSA) is 120 Å². The summed E-state index contributed by atoms with van der Waals surface area (Å²) in [5.41, 5.74) is 4.31.